The minimum atomic E-state index is -0.0500. The van der Waals surface area contributed by atoms with E-state index in [-0.39, 0.29) is 5.91 Å². The SMILES string of the molecule is CC(C)c1ccc(Oc2ccc(C(=O)N(C)CCCn3ccnc3)cn2)cc1. The van der Waals surface area contributed by atoms with Crippen LogP contribution in [0.15, 0.2) is 61.3 Å². The van der Waals surface area contributed by atoms with Crippen molar-refractivity contribution >= 4 is 5.91 Å². The van der Waals surface area contributed by atoms with Gasteiger partial charge in [0.25, 0.3) is 5.91 Å². The maximum atomic E-state index is 12.5. The Morgan fingerprint density at radius 1 is 1.18 bits per heavy atom. The molecule has 0 spiro atoms. The summed E-state index contributed by atoms with van der Waals surface area (Å²) < 4.78 is 7.77. The Morgan fingerprint density at radius 2 is 1.96 bits per heavy atom. The predicted octanol–water partition coefficient (Wildman–Crippen LogP) is 4.36. The smallest absolute Gasteiger partial charge is 0.255 e. The molecule has 0 aliphatic heterocycles. The van der Waals surface area contributed by atoms with E-state index >= 15 is 0 Å². The molecule has 3 aromatic rings. The van der Waals surface area contributed by atoms with Crippen LogP contribution in [0.1, 0.15) is 42.1 Å². The first-order valence-corrected chi connectivity index (χ1v) is 9.48. The Hall–Kier alpha value is -3.15. The predicted molar refractivity (Wildman–Crippen MR) is 109 cm³/mol. The van der Waals surface area contributed by atoms with Gasteiger partial charge in [0.15, 0.2) is 0 Å². The molecule has 1 aromatic carbocycles. The summed E-state index contributed by atoms with van der Waals surface area (Å²) in [5.41, 5.74) is 1.81. The van der Waals surface area contributed by atoms with Gasteiger partial charge in [-0.3, -0.25) is 4.79 Å². The summed E-state index contributed by atoms with van der Waals surface area (Å²) in [6.07, 6.45) is 7.87. The van der Waals surface area contributed by atoms with Gasteiger partial charge >= 0.3 is 0 Å². The Morgan fingerprint density at radius 3 is 2.57 bits per heavy atom. The number of carbonyl (C=O) groups is 1. The maximum absolute atomic E-state index is 12.5. The number of nitrogens with zero attached hydrogens (tertiary/aromatic N) is 4. The average Bonchev–Trinajstić information content (AvgIpc) is 3.22. The van der Waals surface area contributed by atoms with E-state index in [9.17, 15) is 4.79 Å². The number of hydrogen-bond acceptors (Lipinski definition) is 4. The second-order valence-corrected chi connectivity index (χ2v) is 7.09. The number of rotatable bonds is 8. The van der Waals surface area contributed by atoms with Crippen molar-refractivity contribution < 1.29 is 9.53 Å². The Bertz CT molecular complexity index is 872. The van der Waals surface area contributed by atoms with Crippen LogP contribution < -0.4 is 4.74 Å². The summed E-state index contributed by atoms with van der Waals surface area (Å²) in [4.78, 5) is 22.5. The summed E-state index contributed by atoms with van der Waals surface area (Å²) in [6.45, 7) is 5.81. The molecule has 2 heterocycles. The highest BCUT2D eigenvalue weighted by Gasteiger charge is 2.12. The highest BCUT2D eigenvalue weighted by molar-refractivity contribution is 5.93. The summed E-state index contributed by atoms with van der Waals surface area (Å²) in [5.74, 6) is 1.63. The molecular formula is C22H26N4O2. The highest BCUT2D eigenvalue weighted by Crippen LogP contribution is 2.23. The van der Waals surface area contributed by atoms with Crippen LogP contribution in [0.3, 0.4) is 0 Å². The van der Waals surface area contributed by atoms with E-state index in [1.807, 2.05) is 22.9 Å². The number of amides is 1. The third-order valence-corrected chi connectivity index (χ3v) is 4.57. The lowest BCUT2D eigenvalue weighted by atomic mass is 10.0. The van der Waals surface area contributed by atoms with Gasteiger partial charge in [0.1, 0.15) is 5.75 Å². The maximum Gasteiger partial charge on any atom is 0.255 e. The largest absolute Gasteiger partial charge is 0.439 e. The van der Waals surface area contributed by atoms with Crippen LogP contribution in [0.5, 0.6) is 11.6 Å². The summed E-state index contributed by atoms with van der Waals surface area (Å²) >= 11 is 0. The van der Waals surface area contributed by atoms with E-state index in [1.165, 1.54) is 5.56 Å². The second kappa shape index (κ2) is 9.17. The number of aryl methyl sites for hydroxylation is 1. The molecule has 0 N–H and O–H groups in total. The summed E-state index contributed by atoms with van der Waals surface area (Å²) in [7, 11) is 1.80. The van der Waals surface area contributed by atoms with E-state index in [2.05, 4.69) is 35.9 Å². The van der Waals surface area contributed by atoms with Gasteiger partial charge in [-0.2, -0.15) is 0 Å². The summed E-state index contributed by atoms with van der Waals surface area (Å²) in [6, 6.07) is 11.4. The van der Waals surface area contributed by atoms with Crippen LogP contribution in [0, 0.1) is 0 Å². The van der Waals surface area contributed by atoms with Crippen molar-refractivity contribution in [3.63, 3.8) is 0 Å². The molecule has 0 aliphatic carbocycles. The van der Waals surface area contributed by atoms with Crippen molar-refractivity contribution in [1.82, 2.24) is 19.4 Å². The molecule has 0 saturated carbocycles. The van der Waals surface area contributed by atoms with Crippen molar-refractivity contribution in [2.24, 2.45) is 0 Å². The first-order valence-electron chi connectivity index (χ1n) is 9.48. The third-order valence-electron chi connectivity index (χ3n) is 4.57. The van der Waals surface area contributed by atoms with E-state index < -0.39 is 0 Å². The molecule has 3 rings (SSSR count). The van der Waals surface area contributed by atoms with Gasteiger partial charge in [-0.1, -0.05) is 26.0 Å². The van der Waals surface area contributed by atoms with Crippen LogP contribution in [-0.4, -0.2) is 38.9 Å². The number of benzene rings is 1. The minimum Gasteiger partial charge on any atom is -0.439 e. The van der Waals surface area contributed by atoms with Crippen LogP contribution in [-0.2, 0) is 6.54 Å². The van der Waals surface area contributed by atoms with Gasteiger partial charge in [0, 0.05) is 44.8 Å². The second-order valence-electron chi connectivity index (χ2n) is 7.09. The lowest BCUT2D eigenvalue weighted by Gasteiger charge is -2.17. The molecular weight excluding hydrogens is 352 g/mol. The molecule has 1 amide bonds. The van der Waals surface area contributed by atoms with E-state index in [0.29, 0.717) is 23.9 Å². The molecule has 2 aromatic heterocycles. The molecule has 0 saturated heterocycles. The Labute approximate surface area is 165 Å². The first-order chi connectivity index (χ1) is 13.5. The highest BCUT2D eigenvalue weighted by atomic mass is 16.5. The Kier molecular flexibility index (Phi) is 6.42. The van der Waals surface area contributed by atoms with Crippen molar-refractivity contribution in [2.75, 3.05) is 13.6 Å². The average molecular weight is 378 g/mol. The van der Waals surface area contributed by atoms with E-state index in [4.69, 9.17) is 4.74 Å². The fraction of sp³-hybridized carbons (Fsp3) is 0.318. The van der Waals surface area contributed by atoms with Crippen LogP contribution >= 0.6 is 0 Å². The normalized spacial score (nSPS) is 10.9. The lowest BCUT2D eigenvalue weighted by Crippen LogP contribution is -2.28. The fourth-order valence-electron chi connectivity index (χ4n) is 2.84. The monoisotopic (exact) mass is 378 g/mol. The molecule has 0 bridgehead atoms. The summed E-state index contributed by atoms with van der Waals surface area (Å²) in [5, 5.41) is 0. The number of aromatic nitrogens is 3. The molecule has 6 heteroatoms. The zero-order chi connectivity index (χ0) is 19.9. The van der Waals surface area contributed by atoms with E-state index in [0.717, 1.165) is 18.7 Å². The van der Waals surface area contributed by atoms with E-state index in [1.54, 1.807) is 42.8 Å². The van der Waals surface area contributed by atoms with Gasteiger partial charge in [-0.05, 0) is 36.1 Å². The van der Waals surface area contributed by atoms with Crippen LogP contribution in [0.4, 0.5) is 0 Å². The lowest BCUT2D eigenvalue weighted by molar-refractivity contribution is 0.0791. The standard InChI is InChI=1S/C22H26N4O2/c1-17(2)18-5-8-20(9-6-18)28-21-10-7-19(15-24-21)22(27)25(3)12-4-13-26-14-11-23-16-26/h5-11,14-17H,4,12-13H2,1-3H3. The van der Waals surface area contributed by atoms with Crippen molar-refractivity contribution in [2.45, 2.75) is 32.7 Å². The van der Waals surface area contributed by atoms with Gasteiger partial charge in [0.2, 0.25) is 5.88 Å². The zero-order valence-electron chi connectivity index (χ0n) is 16.6. The van der Waals surface area contributed by atoms with Crippen molar-refractivity contribution in [1.29, 1.82) is 0 Å². The topological polar surface area (TPSA) is 60.2 Å². The number of imidazole rings is 1. The fourth-order valence-corrected chi connectivity index (χ4v) is 2.84. The molecule has 0 radical (unpaired) electrons. The zero-order valence-corrected chi connectivity index (χ0v) is 16.6. The van der Waals surface area contributed by atoms with Gasteiger partial charge in [-0.15, -0.1) is 0 Å². The molecule has 28 heavy (non-hydrogen) atoms. The number of pyridine rings is 1. The van der Waals surface area contributed by atoms with Crippen LogP contribution in [0.2, 0.25) is 0 Å². The first kappa shape index (κ1) is 19.6. The molecule has 6 nitrogen and oxygen atoms in total. The number of hydrogen-bond donors (Lipinski definition) is 0. The Balaban J connectivity index is 1.53. The molecule has 146 valence electrons. The van der Waals surface area contributed by atoms with Gasteiger partial charge < -0.3 is 14.2 Å². The third kappa shape index (κ3) is 5.19. The van der Waals surface area contributed by atoms with Crippen molar-refractivity contribution in [3.8, 4) is 11.6 Å². The molecule has 0 fully saturated rings. The van der Waals surface area contributed by atoms with Gasteiger partial charge in [0.05, 0.1) is 11.9 Å². The number of ether oxygens (including phenoxy) is 1. The van der Waals surface area contributed by atoms with Crippen molar-refractivity contribution in [3.05, 3.63) is 72.4 Å². The van der Waals surface area contributed by atoms with Crippen LogP contribution in [0.25, 0.3) is 0 Å². The quantitative estimate of drug-likeness (QED) is 0.584. The molecule has 0 unspecified atom stereocenters. The molecule has 0 aliphatic rings. The van der Waals surface area contributed by atoms with Gasteiger partial charge in [-0.25, -0.2) is 9.97 Å². The number of carbonyl (C=O) groups excluding carboxylic acids is 1. The molecule has 0 atom stereocenters. The minimum absolute atomic E-state index is 0.0500.